The molecular weight excluding hydrogens is 480 g/mol. The molecule has 0 aromatic heterocycles. The van der Waals surface area contributed by atoms with Crippen LogP contribution in [0.15, 0.2) is 0 Å². The highest BCUT2D eigenvalue weighted by Gasteiger charge is 2.16. The van der Waals surface area contributed by atoms with Crippen molar-refractivity contribution < 1.29 is 33.4 Å². The van der Waals surface area contributed by atoms with Crippen LogP contribution in [-0.2, 0) is 23.8 Å². The van der Waals surface area contributed by atoms with Gasteiger partial charge in [-0.1, -0.05) is 12.8 Å². The Morgan fingerprint density at radius 2 is 0.892 bits per heavy atom. The third kappa shape index (κ3) is 26.3. The molecule has 0 aliphatic rings. The van der Waals surface area contributed by atoms with E-state index in [0.717, 1.165) is 38.5 Å². The van der Waals surface area contributed by atoms with Crippen LogP contribution in [0.1, 0.15) is 92.9 Å². The molecule has 0 aliphatic carbocycles. The van der Waals surface area contributed by atoms with Crippen LogP contribution in [0.2, 0.25) is 0 Å². The molecule has 11 heteroatoms. The number of amides is 4. The molecule has 4 N–H and O–H groups in total. The number of hydrogen-bond acceptors (Lipinski definition) is 7. The summed E-state index contributed by atoms with van der Waals surface area (Å²) in [6.07, 6.45) is 4.74. The van der Waals surface area contributed by atoms with Gasteiger partial charge < -0.3 is 35.5 Å². The first-order valence-corrected chi connectivity index (χ1v) is 13.3. The molecule has 4 amide bonds. The molecule has 0 atom stereocenters. The molecule has 0 spiro atoms. The van der Waals surface area contributed by atoms with Crippen molar-refractivity contribution in [1.29, 1.82) is 0 Å². The third-order valence-electron chi connectivity index (χ3n) is 4.63. The summed E-state index contributed by atoms with van der Waals surface area (Å²) in [5, 5.41) is 11.0. The molecule has 37 heavy (non-hydrogen) atoms. The number of carbonyl (C=O) groups is 4. The molecular formula is C26H50N4O7. The average molecular weight is 531 g/mol. The fraction of sp³-hybridized carbons (Fsp3) is 0.846. The van der Waals surface area contributed by atoms with Crippen molar-refractivity contribution in [2.45, 2.75) is 104 Å². The van der Waals surface area contributed by atoms with E-state index in [-0.39, 0.29) is 11.8 Å². The Balaban J connectivity index is 3.47. The number of alkyl carbamates (subject to hydrolysis) is 2. The van der Waals surface area contributed by atoms with Crippen LogP contribution in [0.25, 0.3) is 0 Å². The molecule has 11 nitrogen and oxygen atoms in total. The maximum absolute atomic E-state index is 11.8. The van der Waals surface area contributed by atoms with Gasteiger partial charge in [0.05, 0.1) is 13.2 Å². The molecule has 0 saturated carbocycles. The van der Waals surface area contributed by atoms with E-state index in [1.165, 1.54) is 0 Å². The maximum Gasteiger partial charge on any atom is 0.407 e. The van der Waals surface area contributed by atoms with Gasteiger partial charge in [-0.2, -0.15) is 0 Å². The first-order chi connectivity index (χ1) is 17.3. The normalized spacial score (nSPS) is 11.4. The largest absolute Gasteiger partial charge is 0.444 e. The minimum absolute atomic E-state index is 0.0294. The van der Waals surface area contributed by atoms with E-state index < -0.39 is 23.4 Å². The van der Waals surface area contributed by atoms with Crippen LogP contribution in [0.3, 0.4) is 0 Å². The Hall–Kier alpha value is -2.56. The van der Waals surface area contributed by atoms with Gasteiger partial charge in [-0.05, 0) is 67.2 Å². The zero-order valence-corrected chi connectivity index (χ0v) is 23.8. The van der Waals surface area contributed by atoms with Gasteiger partial charge in [-0.3, -0.25) is 9.59 Å². The highest BCUT2D eigenvalue weighted by Crippen LogP contribution is 2.07. The maximum atomic E-state index is 11.8. The number of unbranched alkanes of at least 4 members (excludes halogenated alkanes) is 4. The smallest absolute Gasteiger partial charge is 0.407 e. The first kappa shape index (κ1) is 34.4. The fourth-order valence-corrected chi connectivity index (χ4v) is 2.99. The van der Waals surface area contributed by atoms with Crippen molar-refractivity contribution >= 4 is 24.0 Å². The molecule has 0 aliphatic heterocycles. The Labute approximate surface area is 222 Å². The van der Waals surface area contributed by atoms with E-state index in [9.17, 15) is 19.2 Å². The monoisotopic (exact) mass is 530 g/mol. The summed E-state index contributed by atoms with van der Waals surface area (Å²) >= 11 is 0. The summed E-state index contributed by atoms with van der Waals surface area (Å²) < 4.78 is 15.7. The molecule has 0 bridgehead atoms. The van der Waals surface area contributed by atoms with Gasteiger partial charge in [0.15, 0.2) is 0 Å². The van der Waals surface area contributed by atoms with Crippen LogP contribution in [0, 0.1) is 0 Å². The summed E-state index contributed by atoms with van der Waals surface area (Å²) in [6.45, 7) is 13.5. The van der Waals surface area contributed by atoms with Crippen molar-refractivity contribution in [1.82, 2.24) is 21.3 Å². The van der Waals surface area contributed by atoms with E-state index in [1.807, 2.05) is 41.5 Å². The van der Waals surface area contributed by atoms with E-state index in [2.05, 4.69) is 21.3 Å². The summed E-state index contributed by atoms with van der Waals surface area (Å²) in [7, 11) is 0. The standard InChI is InChI=1S/C26H50N4O7/c1-25(2,3)36-23(33)29-15-11-7-9-13-21(31)27-17-19-35-20-18-28-22(32)14-10-8-12-16-30-24(34)37-26(4,5)6/h7-20H2,1-6H3,(H,27,31)(H,28,32)(H,29,33)(H,30,34). The number of nitrogens with one attached hydrogen (secondary N) is 4. The van der Waals surface area contributed by atoms with Gasteiger partial charge in [0, 0.05) is 39.0 Å². The molecule has 0 unspecified atom stereocenters. The molecule has 216 valence electrons. The van der Waals surface area contributed by atoms with Crippen molar-refractivity contribution in [2.75, 3.05) is 39.4 Å². The fourth-order valence-electron chi connectivity index (χ4n) is 2.99. The second-order valence-corrected chi connectivity index (χ2v) is 10.8. The van der Waals surface area contributed by atoms with Gasteiger partial charge in [-0.15, -0.1) is 0 Å². The lowest BCUT2D eigenvalue weighted by molar-refractivity contribution is -0.121. The molecule has 0 fully saturated rings. The number of hydrogen-bond donors (Lipinski definition) is 4. The highest BCUT2D eigenvalue weighted by atomic mass is 16.6. The summed E-state index contributed by atoms with van der Waals surface area (Å²) in [6, 6.07) is 0. The zero-order valence-electron chi connectivity index (χ0n) is 23.8. The Bertz CT molecular complexity index is 617. The van der Waals surface area contributed by atoms with Crippen LogP contribution < -0.4 is 21.3 Å². The molecule has 0 saturated heterocycles. The van der Waals surface area contributed by atoms with Crippen molar-refractivity contribution in [3.63, 3.8) is 0 Å². The summed E-state index contributed by atoms with van der Waals surface area (Å²) in [5.74, 6) is -0.0587. The second-order valence-electron chi connectivity index (χ2n) is 10.8. The average Bonchev–Trinajstić information content (AvgIpc) is 2.75. The predicted molar refractivity (Wildman–Crippen MR) is 142 cm³/mol. The third-order valence-corrected chi connectivity index (χ3v) is 4.63. The number of rotatable bonds is 18. The topological polar surface area (TPSA) is 144 Å². The highest BCUT2D eigenvalue weighted by molar-refractivity contribution is 5.76. The Morgan fingerprint density at radius 1 is 0.514 bits per heavy atom. The van der Waals surface area contributed by atoms with Gasteiger partial charge >= 0.3 is 12.2 Å². The zero-order chi connectivity index (χ0) is 28.2. The van der Waals surface area contributed by atoms with Crippen LogP contribution in [0.5, 0.6) is 0 Å². The SMILES string of the molecule is CC(C)(C)OC(=O)NCCCCCC(=O)NCCOCCNC(=O)CCCCCNC(=O)OC(C)(C)C. The summed E-state index contributed by atoms with van der Waals surface area (Å²) in [5.41, 5.74) is -1.02. The molecule has 0 heterocycles. The first-order valence-electron chi connectivity index (χ1n) is 13.3. The van der Waals surface area contributed by atoms with Crippen molar-refractivity contribution in [3.05, 3.63) is 0 Å². The van der Waals surface area contributed by atoms with E-state index in [0.29, 0.717) is 52.2 Å². The van der Waals surface area contributed by atoms with E-state index in [4.69, 9.17) is 14.2 Å². The summed E-state index contributed by atoms with van der Waals surface area (Å²) in [4.78, 5) is 46.7. The second kappa shape index (κ2) is 19.5. The quantitative estimate of drug-likeness (QED) is 0.199. The molecule has 0 radical (unpaired) electrons. The minimum Gasteiger partial charge on any atom is -0.444 e. The molecule has 0 aromatic rings. The van der Waals surface area contributed by atoms with Crippen LogP contribution >= 0.6 is 0 Å². The van der Waals surface area contributed by atoms with Gasteiger partial charge in [0.1, 0.15) is 11.2 Å². The predicted octanol–water partition coefficient (Wildman–Crippen LogP) is 3.41. The Kier molecular flexibility index (Phi) is 18.2. The van der Waals surface area contributed by atoms with Gasteiger partial charge in [0.2, 0.25) is 11.8 Å². The van der Waals surface area contributed by atoms with Crippen molar-refractivity contribution in [3.8, 4) is 0 Å². The number of ether oxygens (including phenoxy) is 3. The van der Waals surface area contributed by atoms with Crippen molar-refractivity contribution in [2.24, 2.45) is 0 Å². The number of carbonyl (C=O) groups excluding carboxylic acids is 4. The minimum atomic E-state index is -0.509. The Morgan fingerprint density at radius 3 is 1.24 bits per heavy atom. The van der Waals surface area contributed by atoms with Crippen LogP contribution in [0.4, 0.5) is 9.59 Å². The van der Waals surface area contributed by atoms with E-state index in [1.54, 1.807) is 0 Å². The molecule has 0 aromatic carbocycles. The van der Waals surface area contributed by atoms with Gasteiger partial charge in [-0.25, -0.2) is 9.59 Å². The van der Waals surface area contributed by atoms with E-state index >= 15 is 0 Å². The van der Waals surface area contributed by atoms with Gasteiger partial charge in [0.25, 0.3) is 0 Å². The lowest BCUT2D eigenvalue weighted by atomic mass is 10.2. The lowest BCUT2D eigenvalue weighted by Crippen LogP contribution is -2.33. The molecule has 0 rings (SSSR count). The lowest BCUT2D eigenvalue weighted by Gasteiger charge is -2.19. The van der Waals surface area contributed by atoms with Crippen LogP contribution in [-0.4, -0.2) is 74.6 Å².